The zero-order valence-electron chi connectivity index (χ0n) is 14.6. The lowest BCUT2D eigenvalue weighted by Gasteiger charge is -2.20. The number of carbonyl (C=O) groups is 1. The number of amides is 1. The zero-order valence-corrected chi connectivity index (χ0v) is 15.4. The number of hydrogen-bond donors (Lipinski definition) is 0. The lowest BCUT2D eigenvalue weighted by molar-refractivity contribution is -0.107. The Balaban J connectivity index is 1.95. The fourth-order valence-corrected chi connectivity index (χ4v) is 3.42. The van der Waals surface area contributed by atoms with E-state index in [1.807, 2.05) is 50.4 Å². The molecule has 3 aromatic rings. The topological polar surface area (TPSA) is 60.2 Å². The van der Waals surface area contributed by atoms with E-state index >= 15 is 0 Å². The monoisotopic (exact) mass is 356 g/mol. The second-order valence-electron chi connectivity index (χ2n) is 5.88. The molecule has 0 spiro atoms. The molecule has 25 heavy (non-hydrogen) atoms. The smallest absolute Gasteiger partial charge is 0.214 e. The van der Waals surface area contributed by atoms with Gasteiger partial charge in [0.05, 0.1) is 30.4 Å². The van der Waals surface area contributed by atoms with Crippen LogP contribution >= 0.6 is 11.3 Å². The molecular formula is C18H20N4O2S. The summed E-state index contributed by atoms with van der Waals surface area (Å²) in [5.41, 5.74) is 3.53. The standard InChI is InChI=1S/C18H20N4O2S/c1-12(2)21(11-23)17-9-19-22(13(17)3)18-20-16(10-25-18)14-6-5-7-15(8-14)24-4/h5-12H,1-4H3. The van der Waals surface area contributed by atoms with Crippen molar-refractivity contribution in [2.45, 2.75) is 26.8 Å². The van der Waals surface area contributed by atoms with E-state index in [-0.39, 0.29) is 6.04 Å². The number of methoxy groups -OCH3 is 1. The van der Waals surface area contributed by atoms with Crippen molar-refractivity contribution in [1.82, 2.24) is 14.8 Å². The van der Waals surface area contributed by atoms with Crippen LogP contribution in [0.5, 0.6) is 5.75 Å². The molecule has 0 saturated carbocycles. The van der Waals surface area contributed by atoms with Crippen LogP contribution in [0.25, 0.3) is 16.4 Å². The fraction of sp³-hybridized carbons (Fsp3) is 0.278. The molecule has 0 bridgehead atoms. The number of carbonyl (C=O) groups excluding carboxylic acids is 1. The van der Waals surface area contributed by atoms with E-state index < -0.39 is 0 Å². The van der Waals surface area contributed by atoms with Crippen LogP contribution in [0.15, 0.2) is 35.8 Å². The molecular weight excluding hydrogens is 336 g/mol. The van der Waals surface area contributed by atoms with Crippen LogP contribution in [-0.4, -0.2) is 34.3 Å². The highest BCUT2D eigenvalue weighted by Crippen LogP contribution is 2.29. The summed E-state index contributed by atoms with van der Waals surface area (Å²) in [7, 11) is 1.65. The Bertz CT molecular complexity index is 885. The second kappa shape index (κ2) is 7.06. The average Bonchev–Trinajstić information content (AvgIpc) is 3.23. The van der Waals surface area contributed by atoms with E-state index in [4.69, 9.17) is 4.74 Å². The van der Waals surface area contributed by atoms with Gasteiger partial charge in [0.2, 0.25) is 11.5 Å². The van der Waals surface area contributed by atoms with E-state index in [9.17, 15) is 4.79 Å². The quantitative estimate of drug-likeness (QED) is 0.632. The number of ether oxygens (including phenoxy) is 1. The number of anilines is 1. The lowest BCUT2D eigenvalue weighted by atomic mass is 10.2. The molecule has 2 heterocycles. The molecule has 0 atom stereocenters. The predicted molar refractivity (Wildman–Crippen MR) is 99.6 cm³/mol. The van der Waals surface area contributed by atoms with E-state index in [2.05, 4.69) is 10.1 Å². The highest BCUT2D eigenvalue weighted by molar-refractivity contribution is 7.12. The molecule has 0 fully saturated rings. The highest BCUT2D eigenvalue weighted by atomic mass is 32.1. The molecule has 130 valence electrons. The van der Waals surface area contributed by atoms with Crippen LogP contribution in [0, 0.1) is 6.92 Å². The second-order valence-corrected chi connectivity index (χ2v) is 6.72. The van der Waals surface area contributed by atoms with Gasteiger partial charge in [-0.2, -0.15) is 5.10 Å². The van der Waals surface area contributed by atoms with Gasteiger partial charge in [0.25, 0.3) is 0 Å². The van der Waals surface area contributed by atoms with Crippen LogP contribution in [0.4, 0.5) is 5.69 Å². The third-order valence-corrected chi connectivity index (χ3v) is 4.79. The molecule has 0 aliphatic carbocycles. The number of benzene rings is 1. The maximum absolute atomic E-state index is 11.4. The number of nitrogens with zero attached hydrogens (tertiary/aromatic N) is 4. The largest absolute Gasteiger partial charge is 0.497 e. The minimum absolute atomic E-state index is 0.0671. The fourth-order valence-electron chi connectivity index (χ4n) is 2.58. The molecule has 0 radical (unpaired) electrons. The Labute approximate surface area is 150 Å². The van der Waals surface area contributed by atoms with Crippen LogP contribution in [0.1, 0.15) is 19.5 Å². The average molecular weight is 356 g/mol. The first-order valence-electron chi connectivity index (χ1n) is 7.93. The van der Waals surface area contributed by atoms with Gasteiger partial charge in [0, 0.05) is 17.0 Å². The molecule has 0 N–H and O–H groups in total. The summed E-state index contributed by atoms with van der Waals surface area (Å²) in [6, 6.07) is 7.86. The molecule has 0 saturated heterocycles. The first-order valence-corrected chi connectivity index (χ1v) is 8.81. The van der Waals surface area contributed by atoms with Crippen molar-refractivity contribution in [1.29, 1.82) is 0 Å². The van der Waals surface area contributed by atoms with Crippen LogP contribution in [0.2, 0.25) is 0 Å². The van der Waals surface area contributed by atoms with Crippen LogP contribution < -0.4 is 9.64 Å². The highest BCUT2D eigenvalue weighted by Gasteiger charge is 2.18. The Morgan fingerprint density at radius 3 is 2.84 bits per heavy atom. The molecule has 0 aliphatic rings. The van der Waals surface area contributed by atoms with Gasteiger partial charge in [-0.1, -0.05) is 12.1 Å². The maximum atomic E-state index is 11.4. The van der Waals surface area contributed by atoms with Crippen molar-refractivity contribution in [3.63, 3.8) is 0 Å². The SMILES string of the molecule is COc1cccc(-c2csc(-n3ncc(N(C=O)C(C)C)c3C)n2)c1. The Hall–Kier alpha value is -2.67. The molecule has 1 amide bonds. The summed E-state index contributed by atoms with van der Waals surface area (Å²) in [5, 5.41) is 7.17. The molecule has 0 unspecified atom stereocenters. The van der Waals surface area contributed by atoms with Gasteiger partial charge >= 0.3 is 0 Å². The van der Waals surface area contributed by atoms with Crippen molar-refractivity contribution in [2.75, 3.05) is 12.0 Å². The lowest BCUT2D eigenvalue weighted by Crippen LogP contribution is -2.29. The molecule has 7 heteroatoms. The predicted octanol–water partition coefficient (Wildman–Crippen LogP) is 3.68. The van der Waals surface area contributed by atoms with E-state index in [1.54, 1.807) is 22.9 Å². The van der Waals surface area contributed by atoms with Gasteiger partial charge in [-0.15, -0.1) is 11.3 Å². The van der Waals surface area contributed by atoms with Crippen LogP contribution in [-0.2, 0) is 4.79 Å². The first kappa shape index (κ1) is 17.2. The summed E-state index contributed by atoms with van der Waals surface area (Å²) in [4.78, 5) is 17.7. The Morgan fingerprint density at radius 2 is 2.16 bits per heavy atom. The van der Waals surface area contributed by atoms with Gasteiger partial charge in [0.15, 0.2) is 0 Å². The van der Waals surface area contributed by atoms with Crippen LogP contribution in [0.3, 0.4) is 0 Å². The number of aromatic nitrogens is 3. The normalized spacial score (nSPS) is 10.9. The Kier molecular flexibility index (Phi) is 4.85. The van der Waals surface area contributed by atoms with Gasteiger partial charge in [-0.25, -0.2) is 9.67 Å². The third kappa shape index (κ3) is 3.28. The number of hydrogen-bond acceptors (Lipinski definition) is 5. The van der Waals surface area contributed by atoms with Crippen molar-refractivity contribution in [2.24, 2.45) is 0 Å². The third-order valence-electron chi connectivity index (χ3n) is 3.97. The van der Waals surface area contributed by atoms with Crippen molar-refractivity contribution >= 4 is 23.4 Å². The van der Waals surface area contributed by atoms with Gasteiger partial charge in [-0.05, 0) is 32.9 Å². The van der Waals surface area contributed by atoms with Gasteiger partial charge < -0.3 is 9.64 Å². The number of thiazole rings is 1. The zero-order chi connectivity index (χ0) is 18.0. The summed E-state index contributed by atoms with van der Waals surface area (Å²) >= 11 is 1.51. The molecule has 2 aromatic heterocycles. The molecule has 0 aliphatic heterocycles. The summed E-state index contributed by atoms with van der Waals surface area (Å²) in [6.45, 7) is 5.87. The molecule has 1 aromatic carbocycles. The maximum Gasteiger partial charge on any atom is 0.214 e. The van der Waals surface area contributed by atoms with E-state index in [0.29, 0.717) is 0 Å². The van der Waals surface area contributed by atoms with Gasteiger partial charge in [0.1, 0.15) is 5.75 Å². The minimum atomic E-state index is 0.0671. The summed E-state index contributed by atoms with van der Waals surface area (Å²) < 4.78 is 7.04. The first-order chi connectivity index (χ1) is 12.0. The van der Waals surface area contributed by atoms with E-state index in [0.717, 1.165) is 39.9 Å². The van der Waals surface area contributed by atoms with Gasteiger partial charge in [-0.3, -0.25) is 4.79 Å². The number of rotatable bonds is 6. The molecule has 3 rings (SSSR count). The molecule has 6 nitrogen and oxygen atoms in total. The van der Waals surface area contributed by atoms with Crippen molar-refractivity contribution in [3.8, 4) is 22.1 Å². The summed E-state index contributed by atoms with van der Waals surface area (Å²) in [5.74, 6) is 0.795. The van der Waals surface area contributed by atoms with E-state index in [1.165, 1.54) is 11.3 Å². The summed E-state index contributed by atoms with van der Waals surface area (Å²) in [6.07, 6.45) is 2.54. The van der Waals surface area contributed by atoms with Crippen molar-refractivity contribution < 1.29 is 9.53 Å². The Morgan fingerprint density at radius 1 is 1.36 bits per heavy atom. The minimum Gasteiger partial charge on any atom is -0.497 e. The van der Waals surface area contributed by atoms with Crippen molar-refractivity contribution in [3.05, 3.63) is 41.5 Å².